The number of carbonyl (C=O) groups excluding carboxylic acids is 1. The smallest absolute Gasteiger partial charge is 0.249 e. The van der Waals surface area contributed by atoms with Crippen molar-refractivity contribution in [1.29, 1.82) is 5.26 Å². The van der Waals surface area contributed by atoms with Gasteiger partial charge in [0.1, 0.15) is 17.1 Å². The molecule has 0 unspecified atom stereocenters. The van der Waals surface area contributed by atoms with Crippen molar-refractivity contribution < 1.29 is 4.79 Å². The highest BCUT2D eigenvalue weighted by molar-refractivity contribution is 9.10. The number of hydrogen-bond acceptors (Lipinski definition) is 4. The van der Waals surface area contributed by atoms with E-state index in [9.17, 15) is 10.1 Å². The SMILES string of the molecule is Cc1sc(NC(=O)[C@H](C)n2ncc(Br)c2C)c(C#N)c1C. The zero-order valence-electron chi connectivity index (χ0n) is 12.2. The van der Waals surface area contributed by atoms with Gasteiger partial charge in [-0.25, -0.2) is 0 Å². The fourth-order valence-corrected chi connectivity index (χ4v) is 3.26. The van der Waals surface area contributed by atoms with Crippen molar-refractivity contribution in [2.24, 2.45) is 0 Å². The average Bonchev–Trinajstić information content (AvgIpc) is 2.91. The molecule has 21 heavy (non-hydrogen) atoms. The van der Waals surface area contributed by atoms with E-state index >= 15 is 0 Å². The molecule has 1 amide bonds. The summed E-state index contributed by atoms with van der Waals surface area (Å²) in [7, 11) is 0. The molecule has 0 aromatic carbocycles. The molecule has 1 atom stereocenters. The number of hydrogen-bond donors (Lipinski definition) is 1. The molecule has 2 rings (SSSR count). The maximum atomic E-state index is 12.4. The molecule has 0 aliphatic carbocycles. The minimum Gasteiger partial charge on any atom is -0.315 e. The number of amides is 1. The zero-order chi connectivity index (χ0) is 15.7. The number of carbonyl (C=O) groups is 1. The summed E-state index contributed by atoms with van der Waals surface area (Å²) in [4.78, 5) is 13.4. The van der Waals surface area contributed by atoms with Crippen molar-refractivity contribution >= 4 is 38.2 Å². The Balaban J connectivity index is 2.25. The van der Waals surface area contributed by atoms with Gasteiger partial charge in [-0.05, 0) is 49.2 Å². The first-order chi connectivity index (χ1) is 9.86. The van der Waals surface area contributed by atoms with Crippen LogP contribution in [0.2, 0.25) is 0 Å². The molecule has 2 aromatic rings. The van der Waals surface area contributed by atoms with Gasteiger partial charge in [-0.2, -0.15) is 10.4 Å². The van der Waals surface area contributed by atoms with Crippen LogP contribution in [0.4, 0.5) is 5.00 Å². The maximum absolute atomic E-state index is 12.4. The molecule has 110 valence electrons. The lowest BCUT2D eigenvalue weighted by molar-refractivity contribution is -0.119. The Morgan fingerprint density at radius 1 is 1.52 bits per heavy atom. The minimum absolute atomic E-state index is 0.188. The third-order valence-electron chi connectivity index (χ3n) is 3.46. The summed E-state index contributed by atoms with van der Waals surface area (Å²) in [6, 6.07) is 1.70. The van der Waals surface area contributed by atoms with Crippen LogP contribution in [0.5, 0.6) is 0 Å². The zero-order valence-corrected chi connectivity index (χ0v) is 14.6. The average molecular weight is 367 g/mol. The Morgan fingerprint density at radius 3 is 2.71 bits per heavy atom. The van der Waals surface area contributed by atoms with E-state index < -0.39 is 6.04 Å². The van der Waals surface area contributed by atoms with E-state index in [2.05, 4.69) is 32.4 Å². The number of thiophene rings is 1. The molecule has 0 bridgehead atoms. The molecular weight excluding hydrogens is 352 g/mol. The highest BCUT2D eigenvalue weighted by atomic mass is 79.9. The van der Waals surface area contributed by atoms with Crippen molar-refractivity contribution in [2.75, 3.05) is 5.32 Å². The first-order valence-corrected chi connectivity index (χ1v) is 7.98. The highest BCUT2D eigenvalue weighted by Gasteiger charge is 2.21. The van der Waals surface area contributed by atoms with E-state index in [1.54, 1.807) is 17.8 Å². The second-order valence-corrected chi connectivity index (χ2v) is 6.87. The molecule has 5 nitrogen and oxygen atoms in total. The van der Waals surface area contributed by atoms with E-state index in [4.69, 9.17) is 0 Å². The van der Waals surface area contributed by atoms with Gasteiger partial charge in [0.05, 0.1) is 21.9 Å². The summed E-state index contributed by atoms with van der Waals surface area (Å²) < 4.78 is 2.52. The molecule has 0 aliphatic rings. The largest absolute Gasteiger partial charge is 0.315 e. The van der Waals surface area contributed by atoms with Crippen LogP contribution in [0.3, 0.4) is 0 Å². The molecule has 0 saturated heterocycles. The topological polar surface area (TPSA) is 70.7 Å². The maximum Gasteiger partial charge on any atom is 0.249 e. The molecule has 0 spiro atoms. The predicted octanol–water partition coefficient (Wildman–Crippen LogP) is 3.70. The monoisotopic (exact) mass is 366 g/mol. The third-order valence-corrected chi connectivity index (χ3v) is 5.37. The summed E-state index contributed by atoms with van der Waals surface area (Å²) in [5.41, 5.74) is 2.34. The Bertz CT molecular complexity index is 741. The molecule has 1 N–H and O–H groups in total. The fraction of sp³-hybridized carbons (Fsp3) is 0.357. The van der Waals surface area contributed by atoms with E-state index in [1.165, 1.54) is 11.3 Å². The molecule has 7 heteroatoms. The quantitative estimate of drug-likeness (QED) is 0.899. The molecule has 0 aliphatic heterocycles. The van der Waals surface area contributed by atoms with Crippen molar-refractivity contribution in [3.05, 3.63) is 32.4 Å². The van der Waals surface area contributed by atoms with Crippen LogP contribution in [0.15, 0.2) is 10.7 Å². The molecule has 2 aromatic heterocycles. The summed E-state index contributed by atoms with van der Waals surface area (Å²) in [6.45, 7) is 7.50. The first-order valence-electron chi connectivity index (χ1n) is 6.37. The van der Waals surface area contributed by atoms with Gasteiger partial charge < -0.3 is 5.32 Å². The number of nitrogens with one attached hydrogen (secondary N) is 1. The number of aromatic nitrogens is 2. The van der Waals surface area contributed by atoms with Gasteiger partial charge >= 0.3 is 0 Å². The van der Waals surface area contributed by atoms with Gasteiger partial charge in [-0.1, -0.05) is 0 Å². The van der Waals surface area contributed by atoms with Crippen LogP contribution in [-0.4, -0.2) is 15.7 Å². The summed E-state index contributed by atoms with van der Waals surface area (Å²) in [5, 5.41) is 16.8. The second kappa shape index (κ2) is 6.00. The minimum atomic E-state index is -0.453. The Hall–Kier alpha value is -1.65. The van der Waals surface area contributed by atoms with E-state index in [1.807, 2.05) is 20.8 Å². The molecule has 0 saturated carbocycles. The summed E-state index contributed by atoms with van der Waals surface area (Å²) in [6.07, 6.45) is 1.67. The normalized spacial score (nSPS) is 12.0. The van der Waals surface area contributed by atoms with Crippen LogP contribution in [0.25, 0.3) is 0 Å². The number of anilines is 1. The molecular formula is C14H15BrN4OS. The Morgan fingerprint density at radius 2 is 2.19 bits per heavy atom. The first kappa shape index (κ1) is 15.7. The third kappa shape index (κ3) is 2.87. The van der Waals surface area contributed by atoms with Gasteiger partial charge in [0.2, 0.25) is 5.91 Å². The van der Waals surface area contributed by atoms with Crippen LogP contribution in [0, 0.1) is 32.1 Å². The molecule has 0 fully saturated rings. The second-order valence-electron chi connectivity index (χ2n) is 4.79. The van der Waals surface area contributed by atoms with E-state index in [-0.39, 0.29) is 5.91 Å². The predicted molar refractivity (Wildman–Crippen MR) is 86.5 cm³/mol. The standard InChI is InChI=1S/C14H15BrN4OS/c1-7-10(4)21-14(11(7)5-16)18-13(20)9(3)19-8(2)12(15)6-17-19/h6,9H,1-4H3,(H,18,20)/t9-/m0/s1. The van der Waals surface area contributed by atoms with Crippen LogP contribution in [-0.2, 0) is 4.79 Å². The summed E-state index contributed by atoms with van der Waals surface area (Å²) in [5.74, 6) is -0.188. The number of rotatable bonds is 3. The van der Waals surface area contributed by atoms with Crippen molar-refractivity contribution in [1.82, 2.24) is 9.78 Å². The summed E-state index contributed by atoms with van der Waals surface area (Å²) >= 11 is 4.80. The van der Waals surface area contributed by atoms with Gasteiger partial charge in [0, 0.05) is 4.88 Å². The lowest BCUT2D eigenvalue weighted by Gasteiger charge is -2.14. The molecule has 0 radical (unpaired) electrons. The van der Waals surface area contributed by atoms with Crippen molar-refractivity contribution in [3.63, 3.8) is 0 Å². The van der Waals surface area contributed by atoms with E-state index in [0.717, 1.165) is 20.6 Å². The lowest BCUT2D eigenvalue weighted by atomic mass is 10.2. The highest BCUT2D eigenvalue weighted by Crippen LogP contribution is 2.32. The van der Waals surface area contributed by atoms with E-state index in [0.29, 0.717) is 10.6 Å². The van der Waals surface area contributed by atoms with Gasteiger partial charge in [0.25, 0.3) is 0 Å². The number of nitriles is 1. The number of aryl methyl sites for hydroxylation is 1. The molecule has 2 heterocycles. The lowest BCUT2D eigenvalue weighted by Crippen LogP contribution is -2.25. The van der Waals surface area contributed by atoms with Gasteiger partial charge in [-0.15, -0.1) is 11.3 Å². The Kier molecular flexibility index (Phi) is 4.49. The van der Waals surface area contributed by atoms with Crippen LogP contribution < -0.4 is 5.32 Å². The Labute approximate surface area is 135 Å². The van der Waals surface area contributed by atoms with Crippen LogP contribution in [0.1, 0.15) is 34.7 Å². The van der Waals surface area contributed by atoms with Crippen LogP contribution >= 0.6 is 27.3 Å². The van der Waals surface area contributed by atoms with Crippen molar-refractivity contribution in [3.8, 4) is 6.07 Å². The van der Waals surface area contributed by atoms with Gasteiger partial charge in [0.15, 0.2) is 0 Å². The number of halogens is 1. The fourth-order valence-electron chi connectivity index (χ4n) is 1.97. The van der Waals surface area contributed by atoms with Crippen molar-refractivity contribution in [2.45, 2.75) is 33.7 Å². The number of nitrogens with zero attached hydrogens (tertiary/aromatic N) is 3. The van der Waals surface area contributed by atoms with Gasteiger partial charge in [-0.3, -0.25) is 9.48 Å².